The summed E-state index contributed by atoms with van der Waals surface area (Å²) in [6, 6.07) is 3.33. The van der Waals surface area contributed by atoms with E-state index in [0.717, 1.165) is 5.69 Å². The maximum Gasteiger partial charge on any atom is 0.407 e. The van der Waals surface area contributed by atoms with Crippen molar-refractivity contribution in [3.63, 3.8) is 0 Å². The average molecular weight is 371 g/mol. The SMILES string of the molecule is Cc1cc(-n2nc3c(c2-n2cc[nH]c2=O)CN(C(=O)O)CC3)cc(C)c1F. The summed E-state index contributed by atoms with van der Waals surface area (Å²) in [5.41, 5.74) is 2.60. The molecule has 9 heteroatoms. The molecule has 0 saturated heterocycles. The van der Waals surface area contributed by atoms with Gasteiger partial charge >= 0.3 is 11.8 Å². The molecule has 4 rings (SSSR count). The minimum atomic E-state index is -1.02. The van der Waals surface area contributed by atoms with Crippen LogP contribution in [0, 0.1) is 19.7 Å². The Kier molecular flexibility index (Phi) is 3.87. The van der Waals surface area contributed by atoms with Crippen LogP contribution in [-0.4, -0.2) is 42.0 Å². The summed E-state index contributed by atoms with van der Waals surface area (Å²) in [6.45, 7) is 3.81. The van der Waals surface area contributed by atoms with Crippen LogP contribution in [0.5, 0.6) is 0 Å². The Morgan fingerprint density at radius 2 is 2.00 bits per heavy atom. The highest BCUT2D eigenvalue weighted by molar-refractivity contribution is 5.66. The lowest BCUT2D eigenvalue weighted by atomic mass is 10.1. The van der Waals surface area contributed by atoms with Gasteiger partial charge in [-0.05, 0) is 37.1 Å². The molecule has 0 atom stereocenters. The Morgan fingerprint density at radius 3 is 2.59 bits per heavy atom. The van der Waals surface area contributed by atoms with E-state index in [-0.39, 0.29) is 18.1 Å². The molecule has 3 aromatic rings. The van der Waals surface area contributed by atoms with Crippen LogP contribution in [0.15, 0.2) is 29.3 Å². The second-order valence-electron chi connectivity index (χ2n) is 6.64. The van der Waals surface area contributed by atoms with Gasteiger partial charge in [0.2, 0.25) is 0 Å². The Hall–Kier alpha value is -3.36. The van der Waals surface area contributed by atoms with E-state index in [1.54, 1.807) is 36.9 Å². The Morgan fingerprint density at radius 1 is 1.30 bits per heavy atom. The van der Waals surface area contributed by atoms with Gasteiger partial charge in [-0.15, -0.1) is 0 Å². The topological polar surface area (TPSA) is 96.2 Å². The zero-order valence-corrected chi connectivity index (χ0v) is 14.9. The lowest BCUT2D eigenvalue weighted by molar-refractivity contribution is 0.140. The highest BCUT2D eigenvalue weighted by atomic mass is 19.1. The minimum Gasteiger partial charge on any atom is -0.465 e. The predicted molar refractivity (Wildman–Crippen MR) is 95.1 cm³/mol. The van der Waals surface area contributed by atoms with Crippen molar-refractivity contribution in [2.75, 3.05) is 6.54 Å². The van der Waals surface area contributed by atoms with Gasteiger partial charge in [0.15, 0.2) is 0 Å². The molecule has 0 spiro atoms. The summed E-state index contributed by atoms with van der Waals surface area (Å²) >= 11 is 0. The largest absolute Gasteiger partial charge is 0.465 e. The van der Waals surface area contributed by atoms with E-state index < -0.39 is 6.09 Å². The zero-order valence-electron chi connectivity index (χ0n) is 14.9. The Bertz CT molecular complexity index is 1090. The van der Waals surface area contributed by atoms with Crippen LogP contribution in [0.4, 0.5) is 9.18 Å². The van der Waals surface area contributed by atoms with E-state index in [9.17, 15) is 19.1 Å². The maximum absolute atomic E-state index is 14.1. The first-order valence-electron chi connectivity index (χ1n) is 8.49. The molecule has 27 heavy (non-hydrogen) atoms. The van der Waals surface area contributed by atoms with Crippen LogP contribution in [0.3, 0.4) is 0 Å². The number of fused-ring (bicyclic) bond motifs is 1. The third kappa shape index (κ3) is 2.71. The van der Waals surface area contributed by atoms with Crippen LogP contribution in [0.1, 0.15) is 22.4 Å². The first-order valence-corrected chi connectivity index (χ1v) is 8.49. The van der Waals surface area contributed by atoms with E-state index in [1.807, 2.05) is 0 Å². The van der Waals surface area contributed by atoms with Crippen molar-refractivity contribution in [2.45, 2.75) is 26.8 Å². The van der Waals surface area contributed by atoms with Gasteiger partial charge in [-0.25, -0.2) is 18.7 Å². The smallest absolute Gasteiger partial charge is 0.407 e. The molecule has 0 bridgehead atoms. The molecule has 140 valence electrons. The number of amides is 1. The fraction of sp³-hybridized carbons (Fsp3) is 0.278. The quantitative estimate of drug-likeness (QED) is 0.721. The summed E-state index contributed by atoms with van der Waals surface area (Å²) < 4.78 is 17.1. The number of rotatable bonds is 2. The fourth-order valence-corrected chi connectivity index (χ4v) is 3.48. The molecule has 1 aromatic carbocycles. The maximum atomic E-state index is 14.1. The molecule has 0 aliphatic carbocycles. The molecule has 2 aromatic heterocycles. The van der Waals surface area contributed by atoms with Gasteiger partial charge in [0.05, 0.1) is 17.9 Å². The number of aromatic amines is 1. The third-order valence-corrected chi connectivity index (χ3v) is 4.82. The molecule has 0 unspecified atom stereocenters. The lowest BCUT2D eigenvalue weighted by Crippen LogP contribution is -2.35. The molecule has 8 nitrogen and oxygen atoms in total. The first kappa shape index (κ1) is 17.1. The zero-order chi connectivity index (χ0) is 19.3. The Balaban J connectivity index is 1.97. The number of nitrogens with one attached hydrogen (secondary N) is 1. The number of imidazole rings is 1. The van der Waals surface area contributed by atoms with Crippen molar-refractivity contribution >= 4 is 6.09 Å². The number of H-pyrrole nitrogens is 1. The van der Waals surface area contributed by atoms with Crippen LogP contribution in [0.2, 0.25) is 0 Å². The number of benzene rings is 1. The highest BCUT2D eigenvalue weighted by Gasteiger charge is 2.29. The van der Waals surface area contributed by atoms with Gasteiger partial charge in [0, 0.05) is 30.9 Å². The van der Waals surface area contributed by atoms with Gasteiger partial charge < -0.3 is 15.0 Å². The predicted octanol–water partition coefficient (Wildman–Crippen LogP) is 2.14. The molecule has 3 heterocycles. The van der Waals surface area contributed by atoms with Crippen LogP contribution >= 0.6 is 0 Å². The van der Waals surface area contributed by atoms with Gasteiger partial charge in [0.1, 0.15) is 11.6 Å². The van der Waals surface area contributed by atoms with Gasteiger partial charge in [-0.1, -0.05) is 0 Å². The molecule has 1 amide bonds. The number of carboxylic acid groups (broad SMARTS) is 1. The van der Waals surface area contributed by atoms with Crippen molar-refractivity contribution < 1.29 is 14.3 Å². The van der Waals surface area contributed by atoms with Gasteiger partial charge in [-0.3, -0.25) is 4.57 Å². The van der Waals surface area contributed by atoms with E-state index in [0.29, 0.717) is 41.2 Å². The standard InChI is InChI=1S/C18H18FN5O3/c1-10-7-12(8-11(2)15(10)19)24-16(23-6-4-20-17(23)25)13-9-22(18(26)27)5-3-14(13)21-24/h4,6-8H,3,5,9H2,1-2H3,(H,20,25)(H,26,27). The van der Waals surface area contributed by atoms with E-state index in [2.05, 4.69) is 10.1 Å². The van der Waals surface area contributed by atoms with E-state index >= 15 is 0 Å². The van der Waals surface area contributed by atoms with Crippen LogP contribution in [0.25, 0.3) is 11.5 Å². The van der Waals surface area contributed by atoms with Crippen molar-refractivity contribution in [2.24, 2.45) is 0 Å². The number of hydrogen-bond acceptors (Lipinski definition) is 3. The molecule has 1 aliphatic rings. The second kappa shape index (κ2) is 6.11. The van der Waals surface area contributed by atoms with Crippen molar-refractivity contribution in [3.05, 3.63) is 63.2 Å². The molecule has 0 fully saturated rings. The molecule has 2 N–H and O–H groups in total. The summed E-state index contributed by atoms with van der Waals surface area (Å²) in [5, 5.41) is 14.0. The van der Waals surface area contributed by atoms with Crippen LogP contribution in [-0.2, 0) is 13.0 Å². The number of halogens is 1. The van der Waals surface area contributed by atoms with Crippen molar-refractivity contribution in [1.82, 2.24) is 24.2 Å². The molecule has 0 radical (unpaired) electrons. The molecular weight excluding hydrogens is 353 g/mol. The fourth-order valence-electron chi connectivity index (χ4n) is 3.48. The van der Waals surface area contributed by atoms with E-state index in [4.69, 9.17) is 0 Å². The summed E-state index contributed by atoms with van der Waals surface area (Å²) in [7, 11) is 0. The van der Waals surface area contributed by atoms with E-state index in [1.165, 1.54) is 15.7 Å². The monoisotopic (exact) mass is 371 g/mol. The highest BCUT2D eigenvalue weighted by Crippen LogP contribution is 2.28. The summed E-state index contributed by atoms with van der Waals surface area (Å²) in [4.78, 5) is 27.6. The van der Waals surface area contributed by atoms with Gasteiger partial charge in [0.25, 0.3) is 0 Å². The second-order valence-corrected chi connectivity index (χ2v) is 6.64. The minimum absolute atomic E-state index is 0.136. The number of aryl methyl sites for hydroxylation is 2. The van der Waals surface area contributed by atoms with Crippen molar-refractivity contribution in [1.29, 1.82) is 0 Å². The summed E-state index contributed by atoms with van der Waals surface area (Å²) in [5.74, 6) is 0.181. The first-order chi connectivity index (χ1) is 12.9. The molecular formula is C18H18FN5O3. The Labute approximate surface area is 153 Å². The molecule has 0 saturated carbocycles. The van der Waals surface area contributed by atoms with Crippen LogP contribution < -0.4 is 5.69 Å². The molecule has 1 aliphatic heterocycles. The third-order valence-electron chi connectivity index (χ3n) is 4.82. The normalized spacial score (nSPS) is 13.7. The number of aromatic nitrogens is 4. The number of nitrogens with zero attached hydrogens (tertiary/aromatic N) is 4. The lowest BCUT2D eigenvalue weighted by Gasteiger charge is -2.23. The number of carbonyl (C=O) groups is 1. The average Bonchev–Trinajstić information content (AvgIpc) is 3.21. The van der Waals surface area contributed by atoms with Crippen molar-refractivity contribution in [3.8, 4) is 11.5 Å². The van der Waals surface area contributed by atoms with Gasteiger partial charge in [-0.2, -0.15) is 5.10 Å². The summed E-state index contributed by atoms with van der Waals surface area (Å²) in [6.07, 6.45) is 2.50. The number of hydrogen-bond donors (Lipinski definition) is 2.